The Morgan fingerprint density at radius 3 is 2.70 bits per heavy atom. The third kappa shape index (κ3) is 3.78. The maximum Gasteiger partial charge on any atom is 0.251 e. The van der Waals surface area contributed by atoms with E-state index in [1.54, 1.807) is 29.2 Å². The number of carbonyl (C=O) groups excluding carboxylic acids is 1. The van der Waals surface area contributed by atoms with Crippen LogP contribution < -0.4 is 10.5 Å². The summed E-state index contributed by atoms with van der Waals surface area (Å²) in [5.41, 5.74) is 7.37. The number of anilines is 1. The lowest BCUT2D eigenvalue weighted by Gasteiger charge is -2.12. The van der Waals surface area contributed by atoms with E-state index < -0.39 is 15.9 Å². The number of nitrogens with zero attached hydrogens (tertiary/aromatic N) is 4. The number of hydrogen-bond donors (Lipinski definition) is 2. The first kappa shape index (κ1) is 18.9. The fourth-order valence-electron chi connectivity index (χ4n) is 2.80. The number of sulfonamides is 1. The molecule has 3 rings (SSSR count). The average molecular weight is 392 g/mol. The number of rotatable bonds is 7. The molecule has 3 N–H and O–H groups in total. The highest BCUT2D eigenvalue weighted by Gasteiger charge is 2.20. The number of primary amides is 1. The van der Waals surface area contributed by atoms with Crippen LogP contribution in [0, 0.1) is 0 Å². The van der Waals surface area contributed by atoms with Gasteiger partial charge in [0.05, 0.1) is 29.7 Å². The van der Waals surface area contributed by atoms with E-state index in [9.17, 15) is 13.2 Å². The molecule has 0 saturated carbocycles. The Morgan fingerprint density at radius 2 is 2.07 bits per heavy atom. The van der Waals surface area contributed by atoms with Gasteiger partial charge in [-0.25, -0.2) is 17.6 Å². The van der Waals surface area contributed by atoms with Crippen LogP contribution in [-0.4, -0.2) is 46.6 Å². The summed E-state index contributed by atoms with van der Waals surface area (Å²) in [4.78, 5) is 11.9. The molecule has 0 aliphatic carbocycles. The highest BCUT2D eigenvalue weighted by atomic mass is 32.2. The van der Waals surface area contributed by atoms with Crippen molar-refractivity contribution in [1.82, 2.24) is 19.4 Å². The number of nitrogens with one attached hydrogen (secondary N) is 1. The smallest absolute Gasteiger partial charge is 0.251 e. The molecule has 1 unspecified atom stereocenters. The molecule has 1 amide bonds. The summed E-state index contributed by atoms with van der Waals surface area (Å²) in [5.74, 6) is -0.399. The monoisotopic (exact) mass is 392 g/mol. The molecule has 0 bridgehead atoms. The molecule has 3 aromatic heterocycles. The maximum absolute atomic E-state index is 11.9. The quantitative estimate of drug-likeness (QED) is 0.621. The van der Waals surface area contributed by atoms with Gasteiger partial charge < -0.3 is 10.5 Å². The number of hydrogen-bond acceptors (Lipinski definition) is 6. The molecule has 0 fully saturated rings. The van der Waals surface area contributed by atoms with Crippen LogP contribution in [-0.2, 0) is 14.8 Å². The van der Waals surface area contributed by atoms with Gasteiger partial charge in [0.25, 0.3) is 5.91 Å². The van der Waals surface area contributed by atoms with Crippen molar-refractivity contribution in [3.8, 4) is 11.1 Å². The van der Waals surface area contributed by atoms with Crippen molar-refractivity contribution in [1.29, 1.82) is 0 Å². The summed E-state index contributed by atoms with van der Waals surface area (Å²) in [5, 5.41) is 8.42. The van der Waals surface area contributed by atoms with E-state index in [1.165, 1.54) is 10.7 Å². The van der Waals surface area contributed by atoms with Crippen molar-refractivity contribution in [2.24, 2.45) is 5.73 Å². The van der Waals surface area contributed by atoms with Crippen molar-refractivity contribution >= 4 is 27.3 Å². The first-order valence-corrected chi connectivity index (χ1v) is 10.0. The normalized spacial score (nSPS) is 13.0. The van der Waals surface area contributed by atoms with E-state index in [1.807, 2.05) is 13.8 Å². The highest BCUT2D eigenvalue weighted by Crippen LogP contribution is 2.31. The second-order valence-corrected chi connectivity index (χ2v) is 7.70. The molecule has 10 nitrogen and oxygen atoms in total. The van der Waals surface area contributed by atoms with Gasteiger partial charge >= 0.3 is 0 Å². The van der Waals surface area contributed by atoms with E-state index in [-0.39, 0.29) is 17.6 Å². The molecule has 11 heteroatoms. The second-order valence-electron chi connectivity index (χ2n) is 5.95. The van der Waals surface area contributed by atoms with Crippen molar-refractivity contribution < 1.29 is 17.9 Å². The van der Waals surface area contributed by atoms with Crippen LogP contribution in [0.4, 0.5) is 5.82 Å². The van der Waals surface area contributed by atoms with Crippen LogP contribution in [0.1, 0.15) is 30.4 Å². The third-order valence-electron chi connectivity index (χ3n) is 3.91. The van der Waals surface area contributed by atoms with Crippen molar-refractivity contribution in [3.05, 3.63) is 36.3 Å². The zero-order chi connectivity index (χ0) is 19.8. The first-order chi connectivity index (χ1) is 12.7. The minimum Gasteiger partial charge on any atom is -0.366 e. The van der Waals surface area contributed by atoms with Crippen molar-refractivity contribution in [2.75, 3.05) is 17.6 Å². The molecular formula is C16H20N6O4S. The first-order valence-electron chi connectivity index (χ1n) is 8.15. The molecule has 3 heterocycles. The Labute approximate surface area is 156 Å². The summed E-state index contributed by atoms with van der Waals surface area (Å²) in [6.45, 7) is 4.26. The predicted molar refractivity (Wildman–Crippen MR) is 99.7 cm³/mol. The fraction of sp³-hybridized carbons (Fsp3) is 0.312. The van der Waals surface area contributed by atoms with Gasteiger partial charge in [0, 0.05) is 23.9 Å². The van der Waals surface area contributed by atoms with Crippen LogP contribution in [0.25, 0.3) is 16.6 Å². The lowest BCUT2D eigenvalue weighted by molar-refractivity contribution is 0.0160. The van der Waals surface area contributed by atoms with Gasteiger partial charge in [0.2, 0.25) is 10.0 Å². The molecule has 0 aliphatic heterocycles. The van der Waals surface area contributed by atoms with E-state index in [0.29, 0.717) is 23.3 Å². The Kier molecular flexibility index (Phi) is 4.89. The fourth-order valence-corrected chi connectivity index (χ4v) is 3.34. The van der Waals surface area contributed by atoms with Gasteiger partial charge in [-0.05, 0) is 26.0 Å². The van der Waals surface area contributed by atoms with Gasteiger partial charge in [-0.1, -0.05) is 0 Å². The van der Waals surface area contributed by atoms with Gasteiger partial charge in [0.1, 0.15) is 12.0 Å². The number of carbonyl (C=O) groups is 1. The van der Waals surface area contributed by atoms with E-state index in [2.05, 4.69) is 14.9 Å². The highest BCUT2D eigenvalue weighted by molar-refractivity contribution is 7.92. The Bertz CT molecular complexity index is 1100. The summed E-state index contributed by atoms with van der Waals surface area (Å²) in [6.07, 6.45) is 5.39. The summed E-state index contributed by atoms with van der Waals surface area (Å²) < 4.78 is 34.0. The topological polar surface area (TPSA) is 134 Å². The molecule has 0 saturated heterocycles. The lowest BCUT2D eigenvalue weighted by atomic mass is 10.0. The van der Waals surface area contributed by atoms with E-state index in [4.69, 9.17) is 10.5 Å². The summed E-state index contributed by atoms with van der Waals surface area (Å²) in [7, 11) is -3.49. The van der Waals surface area contributed by atoms with Crippen LogP contribution in [0.5, 0.6) is 0 Å². The Hall–Kier alpha value is -2.92. The molecule has 0 aliphatic rings. The molecule has 1 atom stereocenters. The summed E-state index contributed by atoms with van der Waals surface area (Å²) >= 11 is 0. The van der Waals surface area contributed by atoms with Crippen LogP contribution in [0.3, 0.4) is 0 Å². The third-order valence-corrected chi connectivity index (χ3v) is 4.49. The molecule has 0 spiro atoms. The number of fused-ring (bicyclic) bond motifs is 1. The minimum atomic E-state index is -3.49. The maximum atomic E-state index is 11.9. The zero-order valence-electron chi connectivity index (χ0n) is 15.1. The van der Waals surface area contributed by atoms with Crippen molar-refractivity contribution in [3.63, 3.8) is 0 Å². The Balaban J connectivity index is 2.18. The van der Waals surface area contributed by atoms with Crippen LogP contribution >= 0.6 is 0 Å². The molecule has 27 heavy (non-hydrogen) atoms. The van der Waals surface area contributed by atoms with E-state index >= 15 is 0 Å². The number of amides is 1. The molecule has 3 aromatic rings. The second kappa shape index (κ2) is 7.00. The average Bonchev–Trinajstić information content (AvgIpc) is 3.20. The SMILES string of the molecule is CCOC(C)n1cc(-c2c(C(N)=O)cnn3c(NS(C)(=O)=O)ccc23)cn1. The van der Waals surface area contributed by atoms with E-state index in [0.717, 1.165) is 6.26 Å². The van der Waals surface area contributed by atoms with Crippen LogP contribution in [0.2, 0.25) is 0 Å². The zero-order valence-corrected chi connectivity index (χ0v) is 15.9. The van der Waals surface area contributed by atoms with Gasteiger partial charge in [-0.3, -0.25) is 9.52 Å². The molecule has 0 radical (unpaired) electrons. The van der Waals surface area contributed by atoms with Gasteiger partial charge in [0.15, 0.2) is 0 Å². The largest absolute Gasteiger partial charge is 0.366 e. The number of nitrogens with two attached hydrogens (primary N) is 1. The molecular weight excluding hydrogens is 372 g/mol. The number of aromatic nitrogens is 4. The van der Waals surface area contributed by atoms with Gasteiger partial charge in [-0.2, -0.15) is 10.2 Å². The molecule has 144 valence electrons. The van der Waals surface area contributed by atoms with Crippen LogP contribution in [0.15, 0.2) is 30.7 Å². The predicted octanol–water partition coefficient (Wildman–Crippen LogP) is 1.22. The summed E-state index contributed by atoms with van der Waals surface area (Å²) in [6, 6.07) is 3.22. The standard InChI is InChI=1S/C16H20N6O4S/c1-4-26-10(2)21-9-11(7-18-21)15-12(16(17)23)8-19-22-13(15)5-6-14(22)20-27(3,24)25/h5-10,20H,4H2,1-3H3,(H2,17,23). The lowest BCUT2D eigenvalue weighted by Crippen LogP contribution is -2.16. The van der Waals surface area contributed by atoms with Crippen molar-refractivity contribution in [2.45, 2.75) is 20.1 Å². The molecule has 0 aromatic carbocycles. The minimum absolute atomic E-state index is 0.204. The van der Waals surface area contributed by atoms with Gasteiger partial charge in [-0.15, -0.1) is 0 Å². The Morgan fingerprint density at radius 1 is 1.33 bits per heavy atom. The number of ether oxygens (including phenoxy) is 1.